The number of fused-ring (bicyclic) bond motifs is 1. The van der Waals surface area contributed by atoms with E-state index in [1.165, 1.54) is 0 Å². The lowest BCUT2D eigenvalue weighted by atomic mass is 10.0. The van der Waals surface area contributed by atoms with E-state index in [1.54, 1.807) is 0 Å². The Morgan fingerprint density at radius 1 is 1.15 bits per heavy atom. The summed E-state index contributed by atoms with van der Waals surface area (Å²) in [4.78, 5) is 29.7. The summed E-state index contributed by atoms with van der Waals surface area (Å²) in [6, 6.07) is 13.5. The molecular weight excluding hydrogens is 523 g/mol. The molecule has 0 aliphatic carbocycles. The molecule has 2 N–H and O–H groups in total. The Labute approximate surface area is 178 Å². The van der Waals surface area contributed by atoms with E-state index in [9.17, 15) is 9.59 Å². The minimum atomic E-state index is -0.0984. The van der Waals surface area contributed by atoms with E-state index in [0.717, 1.165) is 37.6 Å². The van der Waals surface area contributed by atoms with Crippen LogP contribution in [-0.2, 0) is 0 Å². The van der Waals surface area contributed by atoms with Crippen molar-refractivity contribution in [2.75, 3.05) is 18.4 Å². The van der Waals surface area contributed by atoms with Gasteiger partial charge in [0.15, 0.2) is 0 Å². The average molecular weight is 541 g/mol. The lowest BCUT2D eigenvalue weighted by Gasteiger charge is -2.32. The molecule has 0 unspecified atom stereocenters. The number of H-pyrrole nitrogens is 1. The van der Waals surface area contributed by atoms with Crippen LogP contribution >= 0.6 is 38.5 Å². The zero-order valence-corrected chi connectivity index (χ0v) is 18.2. The average Bonchev–Trinajstić information content (AvgIpc) is 3.01. The number of aromatic amines is 1. The van der Waals surface area contributed by atoms with Gasteiger partial charge in [-0.2, -0.15) is 0 Å². The lowest BCUT2D eigenvalue weighted by Crippen LogP contribution is -2.42. The third-order valence-corrected chi connectivity index (χ3v) is 6.29. The van der Waals surface area contributed by atoms with E-state index in [2.05, 4.69) is 48.8 Å². The first-order chi connectivity index (χ1) is 13.0. The second kappa shape index (κ2) is 7.67. The SMILES string of the molecule is O=C(Nc1ccc(I)cc1)N1CCC(n2c(=O)[nH]c3c(Br)cccc32)CC1. The predicted octanol–water partition coefficient (Wildman–Crippen LogP) is 4.57. The maximum Gasteiger partial charge on any atom is 0.326 e. The number of carbonyl (C=O) groups excluding carboxylic acids is 1. The largest absolute Gasteiger partial charge is 0.326 e. The standard InChI is InChI=1S/C19H18BrIN4O2/c20-15-2-1-3-16-17(15)23-19(27)25(16)14-8-10-24(11-9-14)18(26)22-13-6-4-12(21)5-7-13/h1-7,14H,8-11H2,(H,22,26)(H,23,27). The van der Waals surface area contributed by atoms with E-state index in [1.807, 2.05) is 51.9 Å². The molecule has 8 heteroatoms. The number of benzene rings is 2. The topological polar surface area (TPSA) is 70.1 Å². The van der Waals surface area contributed by atoms with Crippen molar-refractivity contribution < 1.29 is 4.79 Å². The monoisotopic (exact) mass is 540 g/mol. The van der Waals surface area contributed by atoms with Gasteiger partial charge in [-0.05, 0) is 87.8 Å². The Kier molecular flexibility index (Phi) is 5.27. The van der Waals surface area contributed by atoms with E-state index in [4.69, 9.17) is 0 Å². The molecule has 4 rings (SSSR count). The van der Waals surface area contributed by atoms with Crippen LogP contribution in [0.5, 0.6) is 0 Å². The van der Waals surface area contributed by atoms with Crippen molar-refractivity contribution in [2.45, 2.75) is 18.9 Å². The summed E-state index contributed by atoms with van der Waals surface area (Å²) in [6.07, 6.45) is 1.50. The molecule has 1 aliphatic heterocycles. The van der Waals surface area contributed by atoms with E-state index >= 15 is 0 Å². The summed E-state index contributed by atoms with van der Waals surface area (Å²) in [5.74, 6) is 0. The number of halogens is 2. The molecule has 0 bridgehead atoms. The van der Waals surface area contributed by atoms with E-state index in [0.29, 0.717) is 13.1 Å². The van der Waals surface area contributed by atoms with Gasteiger partial charge >= 0.3 is 11.7 Å². The highest BCUT2D eigenvalue weighted by Gasteiger charge is 2.26. The van der Waals surface area contributed by atoms with Gasteiger partial charge in [-0.1, -0.05) is 6.07 Å². The highest BCUT2D eigenvalue weighted by atomic mass is 127. The molecule has 3 aromatic rings. The van der Waals surface area contributed by atoms with Crippen LogP contribution in [0.4, 0.5) is 10.5 Å². The van der Waals surface area contributed by atoms with Gasteiger partial charge in [-0.3, -0.25) is 4.57 Å². The van der Waals surface area contributed by atoms with Crippen molar-refractivity contribution in [3.05, 3.63) is 61.0 Å². The van der Waals surface area contributed by atoms with Crippen LogP contribution in [-0.4, -0.2) is 33.6 Å². The smallest absolute Gasteiger partial charge is 0.324 e. The fourth-order valence-corrected chi connectivity index (χ4v) is 4.35. The first kappa shape index (κ1) is 18.5. The maximum absolute atomic E-state index is 12.5. The first-order valence-corrected chi connectivity index (χ1v) is 10.6. The van der Waals surface area contributed by atoms with Crippen molar-refractivity contribution in [3.63, 3.8) is 0 Å². The van der Waals surface area contributed by atoms with Crippen LogP contribution in [0.3, 0.4) is 0 Å². The number of imidazole rings is 1. The highest BCUT2D eigenvalue weighted by Crippen LogP contribution is 2.28. The van der Waals surface area contributed by atoms with Crippen LogP contribution in [0.1, 0.15) is 18.9 Å². The molecule has 27 heavy (non-hydrogen) atoms. The van der Waals surface area contributed by atoms with E-state index < -0.39 is 0 Å². The van der Waals surface area contributed by atoms with Crippen LogP contribution < -0.4 is 11.0 Å². The number of likely N-dealkylation sites (tertiary alicyclic amines) is 1. The number of rotatable bonds is 2. The minimum absolute atomic E-state index is 0.0860. The van der Waals surface area contributed by atoms with Crippen LogP contribution in [0.2, 0.25) is 0 Å². The van der Waals surface area contributed by atoms with Crippen LogP contribution in [0.25, 0.3) is 11.0 Å². The quantitative estimate of drug-likeness (QED) is 0.468. The molecule has 1 aliphatic rings. The van der Waals surface area contributed by atoms with Crippen LogP contribution in [0.15, 0.2) is 51.7 Å². The third-order valence-electron chi connectivity index (χ3n) is 4.91. The van der Waals surface area contributed by atoms with Gasteiger partial charge in [-0.15, -0.1) is 0 Å². The molecular formula is C19H18BrIN4O2. The summed E-state index contributed by atoms with van der Waals surface area (Å²) in [5, 5.41) is 2.94. The fraction of sp³-hybridized carbons (Fsp3) is 0.263. The molecule has 2 amide bonds. The van der Waals surface area contributed by atoms with Crippen molar-refractivity contribution in [2.24, 2.45) is 0 Å². The Bertz CT molecular complexity index is 1040. The number of nitrogens with one attached hydrogen (secondary N) is 2. The zero-order chi connectivity index (χ0) is 19.0. The molecule has 6 nitrogen and oxygen atoms in total. The number of hydrogen-bond donors (Lipinski definition) is 2. The fourth-order valence-electron chi connectivity index (χ4n) is 3.54. The summed E-state index contributed by atoms with van der Waals surface area (Å²) in [6.45, 7) is 1.24. The number of urea groups is 1. The van der Waals surface area contributed by atoms with Crippen molar-refractivity contribution in [1.82, 2.24) is 14.5 Å². The Hall–Kier alpha value is -1.81. The summed E-state index contributed by atoms with van der Waals surface area (Å²) in [5.41, 5.74) is 2.41. The molecule has 1 aromatic heterocycles. The number of aromatic nitrogens is 2. The van der Waals surface area contributed by atoms with Gasteiger partial charge < -0.3 is 15.2 Å². The molecule has 2 aromatic carbocycles. The Balaban J connectivity index is 1.45. The number of nitrogens with zero attached hydrogens (tertiary/aromatic N) is 2. The molecule has 1 saturated heterocycles. The number of hydrogen-bond acceptors (Lipinski definition) is 2. The molecule has 2 heterocycles. The molecule has 0 radical (unpaired) electrons. The van der Waals surface area contributed by atoms with Gasteiger partial charge in [0.25, 0.3) is 0 Å². The molecule has 1 fully saturated rings. The molecule has 0 spiro atoms. The Morgan fingerprint density at radius 3 is 2.56 bits per heavy atom. The Morgan fingerprint density at radius 2 is 1.85 bits per heavy atom. The van der Waals surface area contributed by atoms with Crippen molar-refractivity contribution in [3.8, 4) is 0 Å². The predicted molar refractivity (Wildman–Crippen MR) is 118 cm³/mol. The highest BCUT2D eigenvalue weighted by molar-refractivity contribution is 14.1. The van der Waals surface area contributed by atoms with Gasteiger partial charge in [-0.25, -0.2) is 9.59 Å². The number of piperidine rings is 1. The van der Waals surface area contributed by atoms with Gasteiger partial charge in [0, 0.05) is 32.9 Å². The second-order valence-corrected chi connectivity index (χ2v) is 8.69. The van der Waals surface area contributed by atoms with Crippen molar-refractivity contribution in [1.29, 1.82) is 0 Å². The second-order valence-electron chi connectivity index (χ2n) is 6.59. The summed E-state index contributed by atoms with van der Waals surface area (Å²) in [7, 11) is 0. The summed E-state index contributed by atoms with van der Waals surface area (Å²) >= 11 is 5.72. The van der Waals surface area contributed by atoms with Crippen molar-refractivity contribution >= 4 is 61.3 Å². The molecule has 140 valence electrons. The van der Waals surface area contributed by atoms with E-state index in [-0.39, 0.29) is 17.8 Å². The van der Waals surface area contributed by atoms with Gasteiger partial charge in [0.1, 0.15) is 0 Å². The molecule has 0 saturated carbocycles. The number of para-hydroxylation sites is 1. The maximum atomic E-state index is 12.5. The zero-order valence-electron chi connectivity index (χ0n) is 14.4. The normalized spacial score (nSPS) is 15.3. The number of anilines is 1. The third kappa shape index (κ3) is 3.77. The number of carbonyl (C=O) groups is 1. The number of amides is 2. The van der Waals surface area contributed by atoms with Crippen LogP contribution in [0, 0.1) is 3.57 Å². The van der Waals surface area contributed by atoms with Gasteiger partial charge in [0.05, 0.1) is 11.0 Å². The lowest BCUT2D eigenvalue weighted by molar-refractivity contribution is 0.184. The molecule has 0 atom stereocenters. The summed E-state index contributed by atoms with van der Waals surface area (Å²) < 4.78 is 3.83. The first-order valence-electron chi connectivity index (χ1n) is 8.73. The van der Waals surface area contributed by atoms with Gasteiger partial charge in [0.2, 0.25) is 0 Å². The minimum Gasteiger partial charge on any atom is -0.324 e.